The minimum atomic E-state index is -0.00751. The number of carbonyl (C=O) groups excluding carboxylic acids is 1. The molecule has 0 fully saturated rings. The summed E-state index contributed by atoms with van der Waals surface area (Å²) in [5, 5.41) is 10.0. The predicted molar refractivity (Wildman–Crippen MR) is 92.8 cm³/mol. The summed E-state index contributed by atoms with van der Waals surface area (Å²) in [5.41, 5.74) is 3.96. The molecule has 2 aromatic rings. The fraction of sp³-hybridized carbons (Fsp3) is 0.562. The summed E-state index contributed by atoms with van der Waals surface area (Å²) < 4.78 is 0. The van der Waals surface area contributed by atoms with Gasteiger partial charge in [0.1, 0.15) is 10.7 Å². The van der Waals surface area contributed by atoms with Crippen molar-refractivity contribution in [3.8, 4) is 0 Å². The van der Waals surface area contributed by atoms with E-state index >= 15 is 0 Å². The van der Waals surface area contributed by atoms with Crippen LogP contribution in [-0.2, 0) is 13.0 Å². The van der Waals surface area contributed by atoms with E-state index in [-0.39, 0.29) is 5.91 Å². The van der Waals surface area contributed by atoms with Crippen molar-refractivity contribution in [2.24, 2.45) is 0 Å². The van der Waals surface area contributed by atoms with Crippen molar-refractivity contribution < 1.29 is 4.79 Å². The van der Waals surface area contributed by atoms with E-state index < -0.39 is 0 Å². The van der Waals surface area contributed by atoms with Gasteiger partial charge in [0.15, 0.2) is 0 Å². The maximum atomic E-state index is 12.4. The molecule has 1 amide bonds. The molecule has 0 saturated carbocycles. The van der Waals surface area contributed by atoms with E-state index in [1.807, 2.05) is 45.3 Å². The van der Waals surface area contributed by atoms with Crippen molar-refractivity contribution in [2.45, 2.75) is 33.2 Å². The first-order valence-electron chi connectivity index (χ1n) is 7.73. The standard InChI is InChI=1S/C16H25N5OS/c1-11-13(12(2)19-18-11)7-6-8-21(5)16(22)14-10-23-15(17-14)9-20(3)4/h10H,6-9H2,1-5H3,(H,18,19). The molecule has 0 aliphatic rings. The molecule has 0 aromatic carbocycles. The summed E-state index contributed by atoms with van der Waals surface area (Å²) in [7, 11) is 5.83. The third-order valence-corrected chi connectivity index (χ3v) is 4.60. The summed E-state index contributed by atoms with van der Waals surface area (Å²) >= 11 is 1.54. The van der Waals surface area contributed by atoms with Crippen LogP contribution in [0, 0.1) is 13.8 Å². The normalized spacial score (nSPS) is 11.2. The molecular formula is C16H25N5OS. The second-order valence-corrected chi connectivity index (χ2v) is 7.05. The lowest BCUT2D eigenvalue weighted by Crippen LogP contribution is -2.28. The molecule has 0 radical (unpaired) electrons. The van der Waals surface area contributed by atoms with Crippen LogP contribution in [0.3, 0.4) is 0 Å². The Morgan fingerprint density at radius 3 is 2.65 bits per heavy atom. The lowest BCUT2D eigenvalue weighted by molar-refractivity contribution is 0.0788. The highest BCUT2D eigenvalue weighted by Crippen LogP contribution is 2.14. The molecule has 0 bridgehead atoms. The van der Waals surface area contributed by atoms with E-state index in [0.717, 1.165) is 35.8 Å². The van der Waals surface area contributed by atoms with Gasteiger partial charge in [-0.2, -0.15) is 5.10 Å². The monoisotopic (exact) mass is 335 g/mol. The maximum Gasteiger partial charge on any atom is 0.273 e. The van der Waals surface area contributed by atoms with Crippen molar-refractivity contribution >= 4 is 17.2 Å². The lowest BCUT2D eigenvalue weighted by atomic mass is 10.1. The van der Waals surface area contributed by atoms with E-state index in [0.29, 0.717) is 12.2 Å². The Bertz CT molecular complexity index is 642. The van der Waals surface area contributed by atoms with E-state index in [4.69, 9.17) is 0 Å². The number of rotatable bonds is 7. The Balaban J connectivity index is 1.86. The third kappa shape index (κ3) is 4.62. The van der Waals surface area contributed by atoms with Crippen LogP contribution in [0.4, 0.5) is 0 Å². The Hall–Kier alpha value is -1.73. The second kappa shape index (κ2) is 7.70. The number of thiazole rings is 1. The summed E-state index contributed by atoms with van der Waals surface area (Å²) in [6.07, 6.45) is 1.84. The van der Waals surface area contributed by atoms with E-state index in [1.54, 1.807) is 4.90 Å². The predicted octanol–water partition coefficient (Wildman–Crippen LogP) is 2.25. The van der Waals surface area contributed by atoms with Gasteiger partial charge in [-0.25, -0.2) is 4.98 Å². The molecular weight excluding hydrogens is 310 g/mol. The van der Waals surface area contributed by atoms with Crippen LogP contribution in [0.25, 0.3) is 0 Å². The molecule has 126 valence electrons. The van der Waals surface area contributed by atoms with Crippen molar-refractivity contribution in [2.75, 3.05) is 27.7 Å². The summed E-state index contributed by atoms with van der Waals surface area (Å²) in [6.45, 7) is 5.52. The molecule has 0 aliphatic heterocycles. The number of carbonyl (C=O) groups is 1. The molecule has 6 nitrogen and oxygen atoms in total. The minimum absolute atomic E-state index is 0.00751. The first-order chi connectivity index (χ1) is 10.9. The van der Waals surface area contributed by atoms with Crippen LogP contribution < -0.4 is 0 Å². The van der Waals surface area contributed by atoms with Gasteiger partial charge in [0, 0.05) is 31.2 Å². The first kappa shape index (κ1) is 17.6. The van der Waals surface area contributed by atoms with Crippen LogP contribution in [0.15, 0.2) is 5.38 Å². The highest BCUT2D eigenvalue weighted by atomic mass is 32.1. The molecule has 0 spiro atoms. The smallest absolute Gasteiger partial charge is 0.273 e. The minimum Gasteiger partial charge on any atom is -0.340 e. The number of nitrogens with zero attached hydrogens (tertiary/aromatic N) is 4. The average Bonchev–Trinajstić information content (AvgIpc) is 3.06. The first-order valence-corrected chi connectivity index (χ1v) is 8.61. The van der Waals surface area contributed by atoms with Gasteiger partial charge in [0.25, 0.3) is 5.91 Å². The Labute approximate surface area is 141 Å². The molecule has 0 atom stereocenters. The van der Waals surface area contributed by atoms with Crippen LogP contribution in [-0.4, -0.2) is 58.6 Å². The van der Waals surface area contributed by atoms with Crippen molar-refractivity contribution in [3.63, 3.8) is 0 Å². The second-order valence-electron chi connectivity index (χ2n) is 6.11. The molecule has 23 heavy (non-hydrogen) atoms. The molecule has 2 rings (SSSR count). The van der Waals surface area contributed by atoms with E-state index in [2.05, 4.69) is 15.2 Å². The van der Waals surface area contributed by atoms with Crippen molar-refractivity contribution in [1.29, 1.82) is 0 Å². The number of aryl methyl sites for hydroxylation is 2. The molecule has 7 heteroatoms. The van der Waals surface area contributed by atoms with Gasteiger partial charge in [-0.05, 0) is 46.3 Å². The number of nitrogens with one attached hydrogen (secondary N) is 1. The zero-order valence-electron chi connectivity index (χ0n) is 14.5. The molecule has 0 unspecified atom stereocenters. The van der Waals surface area contributed by atoms with E-state index in [9.17, 15) is 4.79 Å². The number of aromatic nitrogens is 3. The molecule has 2 heterocycles. The van der Waals surface area contributed by atoms with Gasteiger partial charge in [0.2, 0.25) is 0 Å². The largest absolute Gasteiger partial charge is 0.340 e. The Kier molecular flexibility index (Phi) is 5.90. The Morgan fingerprint density at radius 2 is 2.04 bits per heavy atom. The Morgan fingerprint density at radius 1 is 1.30 bits per heavy atom. The van der Waals surface area contributed by atoms with Gasteiger partial charge >= 0.3 is 0 Å². The van der Waals surface area contributed by atoms with Crippen LogP contribution in [0.1, 0.15) is 38.9 Å². The number of aromatic amines is 1. The summed E-state index contributed by atoms with van der Waals surface area (Å²) in [5.74, 6) is -0.00751. The quantitative estimate of drug-likeness (QED) is 0.843. The number of hydrogen-bond donors (Lipinski definition) is 1. The van der Waals surface area contributed by atoms with Crippen LogP contribution in [0.5, 0.6) is 0 Å². The molecule has 0 saturated heterocycles. The number of amides is 1. The van der Waals surface area contributed by atoms with Gasteiger partial charge in [-0.1, -0.05) is 0 Å². The highest BCUT2D eigenvalue weighted by molar-refractivity contribution is 7.09. The highest BCUT2D eigenvalue weighted by Gasteiger charge is 2.16. The third-order valence-electron chi connectivity index (χ3n) is 3.77. The van der Waals surface area contributed by atoms with E-state index in [1.165, 1.54) is 16.9 Å². The van der Waals surface area contributed by atoms with Gasteiger partial charge in [-0.15, -0.1) is 11.3 Å². The van der Waals surface area contributed by atoms with Gasteiger partial charge in [-0.3, -0.25) is 9.89 Å². The molecule has 1 N–H and O–H groups in total. The van der Waals surface area contributed by atoms with Crippen molar-refractivity contribution in [3.05, 3.63) is 33.0 Å². The lowest BCUT2D eigenvalue weighted by Gasteiger charge is -2.15. The SMILES string of the molecule is Cc1n[nH]c(C)c1CCCN(C)C(=O)c1csc(CN(C)C)n1. The zero-order valence-corrected chi connectivity index (χ0v) is 15.3. The summed E-state index contributed by atoms with van der Waals surface area (Å²) in [4.78, 5) is 20.6. The number of H-pyrrole nitrogens is 1. The maximum absolute atomic E-state index is 12.4. The van der Waals surface area contributed by atoms with Crippen LogP contribution in [0.2, 0.25) is 0 Å². The molecule has 0 aliphatic carbocycles. The zero-order chi connectivity index (χ0) is 17.0. The molecule has 2 aromatic heterocycles. The summed E-state index contributed by atoms with van der Waals surface area (Å²) in [6, 6.07) is 0. The van der Waals surface area contributed by atoms with Gasteiger partial charge in [0.05, 0.1) is 5.69 Å². The average molecular weight is 335 g/mol. The fourth-order valence-corrected chi connectivity index (χ4v) is 3.37. The number of hydrogen-bond acceptors (Lipinski definition) is 5. The van der Waals surface area contributed by atoms with Crippen molar-refractivity contribution in [1.82, 2.24) is 25.0 Å². The fourth-order valence-electron chi connectivity index (χ4n) is 2.48. The topological polar surface area (TPSA) is 65.1 Å². The van der Waals surface area contributed by atoms with Gasteiger partial charge < -0.3 is 9.80 Å². The van der Waals surface area contributed by atoms with Crippen LogP contribution >= 0.6 is 11.3 Å².